The van der Waals surface area contributed by atoms with Crippen LogP contribution >= 0.6 is 0 Å². The van der Waals surface area contributed by atoms with Gasteiger partial charge >= 0.3 is 0 Å². The molecule has 1 fully saturated rings. The molecule has 0 spiro atoms. The van der Waals surface area contributed by atoms with Gasteiger partial charge in [-0.1, -0.05) is 12.1 Å². The van der Waals surface area contributed by atoms with Crippen LogP contribution in [0, 0.1) is 6.92 Å². The lowest BCUT2D eigenvalue weighted by atomic mass is 10.1. The highest BCUT2D eigenvalue weighted by atomic mass is 16.3. The van der Waals surface area contributed by atoms with Crippen LogP contribution in [0.15, 0.2) is 24.3 Å². The van der Waals surface area contributed by atoms with Crippen LogP contribution in [-0.4, -0.2) is 67.8 Å². The number of phenolic OH excluding ortho intramolecular Hbond substituents is 1. The topological polar surface area (TPSA) is 91.1 Å². The summed E-state index contributed by atoms with van der Waals surface area (Å²) in [7, 11) is 0. The first-order valence-corrected chi connectivity index (χ1v) is 10.6. The minimum atomic E-state index is -0.147. The van der Waals surface area contributed by atoms with Crippen molar-refractivity contribution in [3.63, 3.8) is 0 Å². The van der Waals surface area contributed by atoms with Crippen molar-refractivity contribution in [2.45, 2.75) is 39.8 Å². The van der Waals surface area contributed by atoms with E-state index in [-0.39, 0.29) is 11.3 Å². The predicted molar refractivity (Wildman–Crippen MR) is 120 cm³/mol. The zero-order valence-electron chi connectivity index (χ0n) is 18.2. The van der Waals surface area contributed by atoms with Crippen LogP contribution in [0.2, 0.25) is 0 Å². The van der Waals surface area contributed by atoms with Crippen molar-refractivity contribution in [3.8, 4) is 17.1 Å². The normalized spacial score (nSPS) is 15.6. The molecule has 4 rings (SSSR count). The predicted octanol–water partition coefficient (Wildman–Crippen LogP) is 2.62. The monoisotopic (exact) mass is 409 g/mol. The highest BCUT2D eigenvalue weighted by Crippen LogP contribution is 2.31. The van der Waals surface area contributed by atoms with Gasteiger partial charge in [0.25, 0.3) is 0 Å². The first kappa shape index (κ1) is 20.6. The average molecular weight is 410 g/mol. The number of aromatic hydroxyl groups is 1. The molecule has 2 aromatic heterocycles. The summed E-state index contributed by atoms with van der Waals surface area (Å²) >= 11 is 0. The van der Waals surface area contributed by atoms with Crippen molar-refractivity contribution in [2.24, 2.45) is 0 Å². The fraction of sp³-hybridized carbons (Fsp3) is 0.500. The Bertz CT molecular complexity index is 1030. The fourth-order valence-electron chi connectivity index (χ4n) is 3.79. The number of phenols is 1. The van der Waals surface area contributed by atoms with E-state index in [2.05, 4.69) is 45.9 Å². The van der Waals surface area contributed by atoms with Crippen LogP contribution in [0.5, 0.6) is 5.75 Å². The number of piperazine rings is 1. The first-order chi connectivity index (χ1) is 14.3. The number of imidazole rings is 1. The number of anilines is 1. The van der Waals surface area contributed by atoms with E-state index < -0.39 is 0 Å². The minimum absolute atomic E-state index is 0.147. The van der Waals surface area contributed by atoms with Crippen molar-refractivity contribution >= 4 is 17.1 Å². The summed E-state index contributed by atoms with van der Waals surface area (Å²) in [4.78, 5) is 16.8. The smallest absolute Gasteiger partial charge is 0.225 e. The Morgan fingerprint density at radius 1 is 1.07 bits per heavy atom. The van der Waals surface area contributed by atoms with Crippen LogP contribution in [-0.2, 0) is 6.54 Å². The molecule has 0 bridgehead atoms. The second kappa shape index (κ2) is 8.20. The van der Waals surface area contributed by atoms with Gasteiger partial charge in [0.1, 0.15) is 17.1 Å². The van der Waals surface area contributed by atoms with Gasteiger partial charge in [0, 0.05) is 44.8 Å². The molecular formula is C22H31N7O. The standard InChI is InChI=1S/C22H31N7O/c1-15-18-20(26-21(24-15)27-22(2,3)4)29(14-13-28-11-9-23-10-12-28)19(25-18)16-7-5-6-8-17(16)30/h5-8,23,30H,9-14H2,1-4H3,(H,24,26,27). The number of nitrogens with zero attached hydrogens (tertiary/aromatic N) is 5. The SMILES string of the molecule is Cc1nc(NC(C)(C)C)nc2c1nc(-c1ccccc1O)n2CCN1CCNCC1. The van der Waals surface area contributed by atoms with Gasteiger partial charge in [-0.2, -0.15) is 4.98 Å². The number of nitrogens with one attached hydrogen (secondary N) is 2. The summed E-state index contributed by atoms with van der Waals surface area (Å²) in [6.45, 7) is 14.0. The lowest BCUT2D eigenvalue weighted by Crippen LogP contribution is -2.44. The fourth-order valence-corrected chi connectivity index (χ4v) is 3.79. The largest absolute Gasteiger partial charge is 0.507 e. The number of fused-ring (bicyclic) bond motifs is 1. The molecule has 0 unspecified atom stereocenters. The van der Waals surface area contributed by atoms with E-state index in [1.165, 1.54) is 0 Å². The zero-order chi connectivity index (χ0) is 21.3. The van der Waals surface area contributed by atoms with Gasteiger partial charge in [0.05, 0.1) is 11.3 Å². The van der Waals surface area contributed by atoms with Crippen LogP contribution in [0.1, 0.15) is 26.5 Å². The Balaban J connectivity index is 1.80. The summed E-state index contributed by atoms with van der Waals surface area (Å²) in [5, 5.41) is 17.3. The quantitative estimate of drug-likeness (QED) is 0.597. The number of aryl methyl sites for hydroxylation is 1. The Morgan fingerprint density at radius 3 is 2.50 bits per heavy atom. The number of aromatic nitrogens is 4. The molecule has 1 aliphatic heterocycles. The van der Waals surface area contributed by atoms with Gasteiger partial charge < -0.3 is 20.3 Å². The third-order valence-electron chi connectivity index (χ3n) is 5.25. The summed E-state index contributed by atoms with van der Waals surface area (Å²) < 4.78 is 2.12. The summed E-state index contributed by atoms with van der Waals surface area (Å²) in [5.74, 6) is 1.54. The van der Waals surface area contributed by atoms with Crippen LogP contribution in [0.3, 0.4) is 0 Å². The van der Waals surface area contributed by atoms with E-state index in [0.717, 1.165) is 62.0 Å². The maximum Gasteiger partial charge on any atom is 0.225 e. The summed E-state index contributed by atoms with van der Waals surface area (Å²) in [5.41, 5.74) is 2.95. The minimum Gasteiger partial charge on any atom is -0.507 e. The molecule has 0 atom stereocenters. The van der Waals surface area contributed by atoms with Crippen molar-refractivity contribution in [1.82, 2.24) is 29.7 Å². The molecule has 0 saturated carbocycles. The Labute approximate surface area is 177 Å². The number of para-hydroxylation sites is 1. The number of rotatable bonds is 5. The molecule has 8 nitrogen and oxygen atoms in total. The molecular weight excluding hydrogens is 378 g/mol. The van der Waals surface area contributed by atoms with E-state index in [1.54, 1.807) is 6.07 Å². The Morgan fingerprint density at radius 2 is 1.80 bits per heavy atom. The average Bonchev–Trinajstić information content (AvgIpc) is 3.05. The van der Waals surface area contributed by atoms with Crippen molar-refractivity contribution in [1.29, 1.82) is 0 Å². The molecule has 3 aromatic rings. The maximum absolute atomic E-state index is 10.5. The van der Waals surface area contributed by atoms with Crippen LogP contribution in [0.25, 0.3) is 22.6 Å². The third kappa shape index (κ3) is 4.39. The molecule has 3 N–H and O–H groups in total. The van der Waals surface area contributed by atoms with Gasteiger partial charge in [-0.15, -0.1) is 0 Å². The van der Waals surface area contributed by atoms with Crippen molar-refractivity contribution in [2.75, 3.05) is 38.0 Å². The molecule has 8 heteroatoms. The Kier molecular flexibility index (Phi) is 5.62. The van der Waals surface area contributed by atoms with Gasteiger partial charge in [0.15, 0.2) is 5.65 Å². The maximum atomic E-state index is 10.5. The van der Waals surface area contributed by atoms with Crippen LogP contribution < -0.4 is 10.6 Å². The van der Waals surface area contributed by atoms with E-state index in [4.69, 9.17) is 9.97 Å². The van der Waals surface area contributed by atoms with E-state index >= 15 is 0 Å². The summed E-state index contributed by atoms with van der Waals surface area (Å²) in [6, 6.07) is 7.33. The summed E-state index contributed by atoms with van der Waals surface area (Å²) in [6.07, 6.45) is 0. The van der Waals surface area contributed by atoms with Crippen LogP contribution in [0.4, 0.5) is 5.95 Å². The molecule has 0 amide bonds. The Hall–Kier alpha value is -2.71. The zero-order valence-corrected chi connectivity index (χ0v) is 18.2. The highest BCUT2D eigenvalue weighted by Gasteiger charge is 2.21. The lowest BCUT2D eigenvalue weighted by Gasteiger charge is -2.27. The van der Waals surface area contributed by atoms with Gasteiger partial charge in [-0.3, -0.25) is 4.90 Å². The molecule has 3 heterocycles. The molecule has 1 aromatic carbocycles. The van der Waals surface area contributed by atoms with Crippen molar-refractivity contribution in [3.05, 3.63) is 30.0 Å². The second-order valence-corrected chi connectivity index (χ2v) is 8.88. The first-order valence-electron chi connectivity index (χ1n) is 10.6. The number of hydrogen-bond donors (Lipinski definition) is 3. The molecule has 1 aliphatic rings. The molecule has 1 saturated heterocycles. The number of benzene rings is 1. The van der Waals surface area contributed by atoms with Gasteiger partial charge in [0.2, 0.25) is 5.95 Å². The molecule has 160 valence electrons. The molecule has 0 aliphatic carbocycles. The van der Waals surface area contributed by atoms with Crippen molar-refractivity contribution < 1.29 is 5.11 Å². The number of hydrogen-bond acceptors (Lipinski definition) is 7. The van der Waals surface area contributed by atoms with Gasteiger partial charge in [-0.25, -0.2) is 9.97 Å². The van der Waals surface area contributed by atoms with E-state index in [1.807, 2.05) is 25.1 Å². The van der Waals surface area contributed by atoms with E-state index in [9.17, 15) is 5.11 Å². The molecule has 30 heavy (non-hydrogen) atoms. The van der Waals surface area contributed by atoms with E-state index in [0.29, 0.717) is 11.5 Å². The molecule has 0 radical (unpaired) electrons. The van der Waals surface area contributed by atoms with Gasteiger partial charge in [-0.05, 0) is 39.8 Å². The highest BCUT2D eigenvalue weighted by molar-refractivity contribution is 5.81. The lowest BCUT2D eigenvalue weighted by molar-refractivity contribution is 0.233. The second-order valence-electron chi connectivity index (χ2n) is 8.88. The third-order valence-corrected chi connectivity index (χ3v) is 5.25.